The van der Waals surface area contributed by atoms with Gasteiger partial charge in [-0.15, -0.1) is 0 Å². The van der Waals surface area contributed by atoms with E-state index in [-0.39, 0.29) is 11.8 Å². The lowest BCUT2D eigenvalue weighted by atomic mass is 9.91. The standard InChI is InChI=1S/C7H7BN2O/c8-5-3-9-10(4-5)6-1-2-7(6)11/h3-4,6H,1-2H2. The van der Waals surface area contributed by atoms with Gasteiger partial charge in [0.2, 0.25) is 0 Å². The first-order chi connectivity index (χ1) is 5.27. The highest BCUT2D eigenvalue weighted by Crippen LogP contribution is 2.25. The molecule has 3 nitrogen and oxygen atoms in total. The van der Waals surface area contributed by atoms with Gasteiger partial charge in [-0.1, -0.05) is 5.46 Å². The summed E-state index contributed by atoms with van der Waals surface area (Å²) in [5.41, 5.74) is 0.615. The second kappa shape index (κ2) is 2.22. The molecule has 1 aliphatic rings. The number of carbonyl (C=O) groups is 1. The number of aromatic nitrogens is 2. The molecule has 0 amide bonds. The maximum atomic E-state index is 10.9. The van der Waals surface area contributed by atoms with E-state index in [2.05, 4.69) is 5.10 Å². The van der Waals surface area contributed by atoms with E-state index in [9.17, 15) is 4.79 Å². The molecule has 1 fully saturated rings. The number of nitrogens with zero attached hydrogens (tertiary/aromatic N) is 2. The molecular weight excluding hydrogens is 139 g/mol. The highest BCUT2D eigenvalue weighted by atomic mass is 16.1. The molecule has 0 bridgehead atoms. The summed E-state index contributed by atoms with van der Waals surface area (Å²) < 4.78 is 1.64. The van der Waals surface area contributed by atoms with Crippen molar-refractivity contribution in [3.05, 3.63) is 12.4 Å². The van der Waals surface area contributed by atoms with E-state index >= 15 is 0 Å². The van der Waals surface area contributed by atoms with Gasteiger partial charge >= 0.3 is 0 Å². The Balaban J connectivity index is 2.23. The third-order valence-corrected chi connectivity index (χ3v) is 1.98. The van der Waals surface area contributed by atoms with Gasteiger partial charge in [0.15, 0.2) is 5.78 Å². The van der Waals surface area contributed by atoms with Crippen molar-refractivity contribution in [1.29, 1.82) is 0 Å². The number of hydrogen-bond donors (Lipinski definition) is 0. The average Bonchev–Trinajstić information content (AvgIpc) is 2.33. The van der Waals surface area contributed by atoms with Gasteiger partial charge in [-0.05, 0) is 6.42 Å². The minimum atomic E-state index is -0.0349. The van der Waals surface area contributed by atoms with Crippen LogP contribution in [-0.4, -0.2) is 23.4 Å². The predicted molar refractivity (Wildman–Crippen MR) is 40.9 cm³/mol. The van der Waals surface area contributed by atoms with Crippen LogP contribution in [-0.2, 0) is 4.79 Å². The maximum absolute atomic E-state index is 10.9. The van der Waals surface area contributed by atoms with E-state index < -0.39 is 0 Å². The van der Waals surface area contributed by atoms with Crippen molar-refractivity contribution < 1.29 is 4.79 Å². The molecule has 1 aromatic heterocycles. The predicted octanol–water partition coefficient (Wildman–Crippen LogP) is -0.419. The third kappa shape index (κ3) is 0.983. The van der Waals surface area contributed by atoms with Crippen LogP contribution < -0.4 is 5.46 Å². The Labute approximate surface area is 65.8 Å². The molecule has 1 aliphatic carbocycles. The molecule has 0 aliphatic heterocycles. The summed E-state index contributed by atoms with van der Waals surface area (Å²) >= 11 is 0. The number of rotatable bonds is 1. The van der Waals surface area contributed by atoms with Gasteiger partial charge in [-0.25, -0.2) is 0 Å². The van der Waals surface area contributed by atoms with Gasteiger partial charge in [0.25, 0.3) is 0 Å². The normalized spacial score (nSPS) is 23.3. The Bertz CT molecular complexity index is 294. The number of carbonyl (C=O) groups excluding carboxylic acids is 1. The molecule has 1 aromatic rings. The van der Waals surface area contributed by atoms with Crippen molar-refractivity contribution in [2.45, 2.75) is 18.9 Å². The summed E-state index contributed by atoms with van der Waals surface area (Å²) in [6.07, 6.45) is 4.84. The summed E-state index contributed by atoms with van der Waals surface area (Å²) in [4.78, 5) is 10.9. The first-order valence-corrected chi connectivity index (χ1v) is 3.60. The largest absolute Gasteiger partial charge is 0.297 e. The van der Waals surface area contributed by atoms with Crippen LogP contribution >= 0.6 is 0 Å². The zero-order chi connectivity index (χ0) is 7.84. The summed E-state index contributed by atoms with van der Waals surface area (Å²) in [5.74, 6) is 0.258. The van der Waals surface area contributed by atoms with Gasteiger partial charge in [-0.3, -0.25) is 9.48 Å². The lowest BCUT2D eigenvalue weighted by molar-refractivity contribution is -0.128. The van der Waals surface area contributed by atoms with E-state index in [1.54, 1.807) is 17.1 Å². The Kier molecular flexibility index (Phi) is 1.34. The van der Waals surface area contributed by atoms with Gasteiger partial charge in [-0.2, -0.15) is 5.10 Å². The molecule has 0 saturated heterocycles. The highest BCUT2D eigenvalue weighted by molar-refractivity contribution is 6.31. The van der Waals surface area contributed by atoms with E-state index in [0.717, 1.165) is 6.42 Å². The average molecular weight is 146 g/mol. The smallest absolute Gasteiger partial charge is 0.157 e. The van der Waals surface area contributed by atoms with Gasteiger partial charge in [0.1, 0.15) is 13.9 Å². The second-order valence-corrected chi connectivity index (χ2v) is 2.77. The van der Waals surface area contributed by atoms with Crippen LogP contribution in [0.1, 0.15) is 18.9 Å². The number of ketones is 1. The van der Waals surface area contributed by atoms with Crippen molar-refractivity contribution >= 4 is 19.1 Å². The number of hydrogen-bond acceptors (Lipinski definition) is 2. The third-order valence-electron chi connectivity index (χ3n) is 1.98. The fourth-order valence-electron chi connectivity index (χ4n) is 1.19. The second-order valence-electron chi connectivity index (χ2n) is 2.77. The molecule has 54 valence electrons. The molecule has 0 aromatic carbocycles. The first kappa shape index (κ1) is 6.64. The fourth-order valence-corrected chi connectivity index (χ4v) is 1.19. The van der Waals surface area contributed by atoms with Crippen molar-refractivity contribution in [1.82, 2.24) is 9.78 Å². The van der Waals surface area contributed by atoms with E-state index in [4.69, 9.17) is 7.85 Å². The lowest BCUT2D eigenvalue weighted by Gasteiger charge is -2.23. The molecule has 1 saturated carbocycles. The summed E-state index contributed by atoms with van der Waals surface area (Å²) in [7, 11) is 5.45. The topological polar surface area (TPSA) is 34.9 Å². The zero-order valence-electron chi connectivity index (χ0n) is 6.03. The molecule has 0 N–H and O–H groups in total. The molecule has 2 radical (unpaired) electrons. The lowest BCUT2D eigenvalue weighted by Crippen LogP contribution is -2.29. The quantitative estimate of drug-likeness (QED) is 0.504. The molecule has 4 heteroatoms. The summed E-state index contributed by atoms with van der Waals surface area (Å²) in [6, 6.07) is -0.0349. The van der Waals surface area contributed by atoms with Crippen molar-refractivity contribution in [3.8, 4) is 0 Å². The van der Waals surface area contributed by atoms with Crippen LogP contribution in [0.4, 0.5) is 0 Å². The fraction of sp³-hybridized carbons (Fsp3) is 0.429. The SMILES string of the molecule is [B]c1cnn(C2CCC2=O)c1. The monoisotopic (exact) mass is 146 g/mol. The van der Waals surface area contributed by atoms with Crippen LogP contribution in [0.5, 0.6) is 0 Å². The van der Waals surface area contributed by atoms with Crippen LogP contribution in [0.15, 0.2) is 12.4 Å². The Morgan fingerprint density at radius 3 is 2.91 bits per heavy atom. The Hall–Kier alpha value is -1.06. The van der Waals surface area contributed by atoms with Crippen LogP contribution in [0.3, 0.4) is 0 Å². The van der Waals surface area contributed by atoms with E-state index in [1.807, 2.05) is 0 Å². The molecule has 2 rings (SSSR count). The van der Waals surface area contributed by atoms with Crippen LogP contribution in [0, 0.1) is 0 Å². The van der Waals surface area contributed by atoms with E-state index in [1.165, 1.54) is 0 Å². The number of Topliss-reactive ketones (excluding diaryl/α,β-unsaturated/α-hetero) is 1. The molecule has 1 heterocycles. The molecule has 0 spiro atoms. The minimum Gasteiger partial charge on any atom is -0.297 e. The first-order valence-electron chi connectivity index (χ1n) is 3.60. The molecular formula is C7H7BN2O. The van der Waals surface area contributed by atoms with Crippen molar-refractivity contribution in [2.75, 3.05) is 0 Å². The van der Waals surface area contributed by atoms with Crippen molar-refractivity contribution in [3.63, 3.8) is 0 Å². The van der Waals surface area contributed by atoms with Gasteiger partial charge in [0.05, 0.1) is 0 Å². The summed E-state index contributed by atoms with van der Waals surface area (Å²) in [6.45, 7) is 0. The maximum Gasteiger partial charge on any atom is 0.157 e. The minimum absolute atomic E-state index is 0.0349. The van der Waals surface area contributed by atoms with E-state index in [0.29, 0.717) is 11.9 Å². The molecule has 1 atom stereocenters. The van der Waals surface area contributed by atoms with Gasteiger partial charge in [0, 0.05) is 18.8 Å². The summed E-state index contributed by atoms with van der Waals surface area (Å²) in [5, 5.41) is 3.96. The molecule has 1 unspecified atom stereocenters. The molecule has 11 heavy (non-hydrogen) atoms. The Morgan fingerprint density at radius 1 is 1.73 bits per heavy atom. The van der Waals surface area contributed by atoms with Gasteiger partial charge < -0.3 is 0 Å². The zero-order valence-corrected chi connectivity index (χ0v) is 6.03. The highest BCUT2D eigenvalue weighted by Gasteiger charge is 2.29. The Morgan fingerprint density at radius 2 is 2.55 bits per heavy atom. The van der Waals surface area contributed by atoms with Crippen LogP contribution in [0.2, 0.25) is 0 Å². The van der Waals surface area contributed by atoms with Crippen molar-refractivity contribution in [2.24, 2.45) is 0 Å². The van der Waals surface area contributed by atoms with Crippen LogP contribution in [0.25, 0.3) is 0 Å².